The van der Waals surface area contributed by atoms with Crippen molar-refractivity contribution < 1.29 is 13.2 Å². The smallest absolute Gasteiger partial charge is 0.398 e. The average molecular weight is 393 g/mol. The van der Waals surface area contributed by atoms with Crippen LogP contribution in [0.2, 0.25) is 0 Å². The van der Waals surface area contributed by atoms with Crippen LogP contribution in [0.3, 0.4) is 0 Å². The SMILES string of the molecule is CCCCc1cc(N2CCCCC2)nc(Nc2ccc(N)c(C(F)(F)F)c2)n1. The van der Waals surface area contributed by atoms with Crippen LogP contribution >= 0.6 is 0 Å². The number of nitrogen functional groups attached to an aromatic ring is 1. The van der Waals surface area contributed by atoms with Gasteiger partial charge in [0.15, 0.2) is 0 Å². The summed E-state index contributed by atoms with van der Waals surface area (Å²) in [6, 6.07) is 5.75. The molecule has 1 aliphatic heterocycles. The fourth-order valence-electron chi connectivity index (χ4n) is 3.32. The minimum absolute atomic E-state index is 0.263. The lowest BCUT2D eigenvalue weighted by Crippen LogP contribution is -2.30. The van der Waals surface area contributed by atoms with Crippen LogP contribution in [-0.2, 0) is 12.6 Å². The molecule has 1 aromatic heterocycles. The summed E-state index contributed by atoms with van der Waals surface area (Å²) in [5, 5.41) is 2.94. The predicted octanol–water partition coefficient (Wildman–Crippen LogP) is 5.15. The minimum atomic E-state index is -4.51. The molecule has 0 aliphatic carbocycles. The Morgan fingerprint density at radius 1 is 1.11 bits per heavy atom. The van der Waals surface area contributed by atoms with E-state index in [-0.39, 0.29) is 11.4 Å². The van der Waals surface area contributed by atoms with Gasteiger partial charge in [0.1, 0.15) is 5.82 Å². The van der Waals surface area contributed by atoms with E-state index in [4.69, 9.17) is 5.73 Å². The highest BCUT2D eigenvalue weighted by molar-refractivity contribution is 5.63. The first kappa shape index (κ1) is 20.2. The number of hydrogen-bond acceptors (Lipinski definition) is 5. The molecule has 3 rings (SSSR count). The predicted molar refractivity (Wildman–Crippen MR) is 106 cm³/mol. The van der Waals surface area contributed by atoms with E-state index in [1.807, 2.05) is 6.07 Å². The van der Waals surface area contributed by atoms with Crippen LogP contribution in [0.25, 0.3) is 0 Å². The Bertz CT molecular complexity index is 801. The quantitative estimate of drug-likeness (QED) is 0.664. The molecule has 152 valence electrons. The number of rotatable bonds is 6. The first-order valence-corrected chi connectivity index (χ1v) is 9.73. The monoisotopic (exact) mass is 393 g/mol. The average Bonchev–Trinajstić information content (AvgIpc) is 2.67. The zero-order valence-electron chi connectivity index (χ0n) is 16.0. The first-order valence-electron chi connectivity index (χ1n) is 9.73. The maximum atomic E-state index is 13.1. The number of aryl methyl sites for hydroxylation is 1. The number of halogens is 3. The van der Waals surface area contributed by atoms with Crippen molar-refractivity contribution in [2.75, 3.05) is 29.0 Å². The molecule has 0 saturated carbocycles. The standard InChI is InChI=1S/C20H26F3N5/c1-2-3-7-14-13-18(28-10-5-4-6-11-28)27-19(25-14)26-15-8-9-17(24)16(12-15)20(21,22)23/h8-9,12-13H,2-7,10-11,24H2,1H3,(H,25,26,27). The second-order valence-electron chi connectivity index (χ2n) is 7.12. The molecule has 0 bridgehead atoms. The normalized spacial score (nSPS) is 14.9. The number of nitrogens with zero attached hydrogens (tertiary/aromatic N) is 3. The molecule has 0 unspecified atom stereocenters. The molecule has 1 fully saturated rings. The van der Waals surface area contributed by atoms with Gasteiger partial charge >= 0.3 is 6.18 Å². The van der Waals surface area contributed by atoms with Gasteiger partial charge in [-0.2, -0.15) is 18.2 Å². The van der Waals surface area contributed by atoms with Crippen molar-refractivity contribution in [3.05, 3.63) is 35.5 Å². The molecule has 1 aliphatic rings. The van der Waals surface area contributed by atoms with Crippen molar-refractivity contribution in [2.24, 2.45) is 0 Å². The van der Waals surface area contributed by atoms with Gasteiger partial charge in [0.05, 0.1) is 5.56 Å². The van der Waals surface area contributed by atoms with Crippen molar-refractivity contribution in [3.8, 4) is 0 Å². The fraction of sp³-hybridized carbons (Fsp3) is 0.500. The molecule has 1 aromatic carbocycles. The summed E-state index contributed by atoms with van der Waals surface area (Å²) in [4.78, 5) is 11.3. The molecule has 2 aromatic rings. The van der Waals surface area contributed by atoms with Gasteiger partial charge in [-0.1, -0.05) is 13.3 Å². The number of benzene rings is 1. The summed E-state index contributed by atoms with van der Waals surface area (Å²) in [7, 11) is 0. The van der Waals surface area contributed by atoms with Gasteiger partial charge in [0.25, 0.3) is 0 Å². The highest BCUT2D eigenvalue weighted by Crippen LogP contribution is 2.35. The van der Waals surface area contributed by atoms with Gasteiger partial charge in [-0.15, -0.1) is 0 Å². The van der Waals surface area contributed by atoms with Crippen molar-refractivity contribution in [1.29, 1.82) is 0 Å². The van der Waals surface area contributed by atoms with E-state index in [9.17, 15) is 13.2 Å². The number of nitrogens with one attached hydrogen (secondary N) is 1. The van der Waals surface area contributed by atoms with Crippen LogP contribution in [0.4, 0.5) is 36.3 Å². The van der Waals surface area contributed by atoms with Crippen molar-refractivity contribution in [2.45, 2.75) is 51.6 Å². The molecule has 2 heterocycles. The van der Waals surface area contributed by atoms with Crippen LogP contribution in [0.1, 0.15) is 50.3 Å². The highest BCUT2D eigenvalue weighted by atomic mass is 19.4. The van der Waals surface area contributed by atoms with Crippen molar-refractivity contribution in [1.82, 2.24) is 9.97 Å². The number of alkyl halides is 3. The van der Waals surface area contributed by atoms with Crippen molar-refractivity contribution >= 4 is 23.1 Å². The molecule has 5 nitrogen and oxygen atoms in total. The lowest BCUT2D eigenvalue weighted by Gasteiger charge is -2.28. The Hall–Kier alpha value is -2.51. The van der Waals surface area contributed by atoms with E-state index in [2.05, 4.69) is 27.1 Å². The fourth-order valence-corrected chi connectivity index (χ4v) is 3.32. The van der Waals surface area contributed by atoms with Crippen LogP contribution in [0, 0.1) is 0 Å². The molecule has 1 saturated heterocycles. The third-order valence-corrected chi connectivity index (χ3v) is 4.85. The largest absolute Gasteiger partial charge is 0.418 e. The van der Waals surface area contributed by atoms with E-state index in [1.165, 1.54) is 18.6 Å². The van der Waals surface area contributed by atoms with Gasteiger partial charge in [-0.25, -0.2) is 4.98 Å². The molecule has 0 spiro atoms. The second-order valence-corrected chi connectivity index (χ2v) is 7.12. The lowest BCUT2D eigenvalue weighted by atomic mass is 10.1. The number of anilines is 4. The summed E-state index contributed by atoms with van der Waals surface area (Å²) in [5.41, 5.74) is 5.48. The minimum Gasteiger partial charge on any atom is -0.398 e. The summed E-state index contributed by atoms with van der Waals surface area (Å²) < 4.78 is 39.4. The number of aromatic nitrogens is 2. The molecule has 3 N–H and O–H groups in total. The molecule has 0 radical (unpaired) electrons. The van der Waals surface area contributed by atoms with Crippen molar-refractivity contribution in [3.63, 3.8) is 0 Å². The van der Waals surface area contributed by atoms with E-state index >= 15 is 0 Å². The number of nitrogens with two attached hydrogens (primary N) is 1. The summed E-state index contributed by atoms with van der Waals surface area (Å²) in [5.74, 6) is 1.14. The molecular weight excluding hydrogens is 367 g/mol. The van der Waals surface area contributed by atoms with Gasteiger partial charge in [-0.3, -0.25) is 0 Å². The molecule has 8 heteroatoms. The molecule has 0 atom stereocenters. The second kappa shape index (κ2) is 8.67. The van der Waals surface area contributed by atoms with Gasteiger partial charge in [-0.05, 0) is 50.3 Å². The Balaban J connectivity index is 1.90. The Labute approximate surface area is 163 Å². The first-order chi connectivity index (χ1) is 13.4. The number of unbranched alkanes of at least 4 members (excludes halogenated alkanes) is 1. The third-order valence-electron chi connectivity index (χ3n) is 4.85. The maximum Gasteiger partial charge on any atom is 0.418 e. The highest BCUT2D eigenvalue weighted by Gasteiger charge is 2.33. The molecule has 0 amide bonds. The summed E-state index contributed by atoms with van der Waals surface area (Å²) in [6.07, 6.45) is 1.78. The van der Waals surface area contributed by atoms with Gasteiger partial charge < -0.3 is 16.0 Å². The third kappa shape index (κ3) is 5.05. The van der Waals surface area contributed by atoms with Crippen LogP contribution < -0.4 is 16.0 Å². The van der Waals surface area contributed by atoms with E-state index in [0.29, 0.717) is 5.95 Å². The summed E-state index contributed by atoms with van der Waals surface area (Å²) in [6.45, 7) is 3.98. The maximum absolute atomic E-state index is 13.1. The van der Waals surface area contributed by atoms with Crippen LogP contribution in [0.5, 0.6) is 0 Å². The van der Waals surface area contributed by atoms with E-state index < -0.39 is 11.7 Å². The Kier molecular flexibility index (Phi) is 6.26. The van der Waals surface area contributed by atoms with Crippen LogP contribution in [-0.4, -0.2) is 23.1 Å². The Morgan fingerprint density at radius 3 is 2.54 bits per heavy atom. The van der Waals surface area contributed by atoms with Gasteiger partial charge in [0, 0.05) is 36.2 Å². The van der Waals surface area contributed by atoms with Gasteiger partial charge in [0.2, 0.25) is 5.95 Å². The zero-order valence-corrected chi connectivity index (χ0v) is 16.0. The van der Waals surface area contributed by atoms with Crippen LogP contribution in [0.15, 0.2) is 24.3 Å². The Morgan fingerprint density at radius 2 is 1.86 bits per heavy atom. The topological polar surface area (TPSA) is 67.1 Å². The zero-order chi connectivity index (χ0) is 20.1. The summed E-state index contributed by atoms with van der Waals surface area (Å²) >= 11 is 0. The molecule has 28 heavy (non-hydrogen) atoms. The molecular formula is C20H26F3N5. The van der Waals surface area contributed by atoms with E-state index in [1.54, 1.807) is 0 Å². The van der Waals surface area contributed by atoms with E-state index in [0.717, 1.165) is 62.8 Å². The number of piperidine rings is 1. The lowest BCUT2D eigenvalue weighted by molar-refractivity contribution is -0.136. The number of hydrogen-bond donors (Lipinski definition) is 2.